The van der Waals surface area contributed by atoms with Gasteiger partial charge in [-0.15, -0.1) is 0 Å². The summed E-state index contributed by atoms with van der Waals surface area (Å²) in [6, 6.07) is 0.429. The smallest absolute Gasteiger partial charge is 0.00844 e. The summed E-state index contributed by atoms with van der Waals surface area (Å²) in [5.41, 5.74) is 6.41. The Bertz CT molecular complexity index is 254. The van der Waals surface area contributed by atoms with Crippen LogP contribution in [0.1, 0.15) is 47.0 Å². The van der Waals surface area contributed by atoms with Crippen molar-refractivity contribution in [3.63, 3.8) is 0 Å². The summed E-state index contributed by atoms with van der Waals surface area (Å²) in [5.74, 6) is 4.11. The maximum absolute atomic E-state index is 6.41. The van der Waals surface area contributed by atoms with Gasteiger partial charge in [0, 0.05) is 19.1 Å². The lowest BCUT2D eigenvalue weighted by Crippen LogP contribution is -2.49. The number of nitrogens with zero attached hydrogens (tertiary/aromatic N) is 1. The second kappa shape index (κ2) is 5.92. The average Bonchev–Trinajstić information content (AvgIpc) is 2.28. The fraction of sp³-hybridized carbons (Fsp3) is 1.00. The van der Waals surface area contributed by atoms with Crippen molar-refractivity contribution in [1.82, 2.24) is 4.90 Å². The number of rotatable bonds is 2. The topological polar surface area (TPSA) is 29.3 Å². The summed E-state index contributed by atoms with van der Waals surface area (Å²) in [4.78, 5) is 2.68. The zero-order valence-corrected chi connectivity index (χ0v) is 12.7. The van der Waals surface area contributed by atoms with Gasteiger partial charge in [-0.3, -0.25) is 0 Å². The zero-order chi connectivity index (χ0) is 13.3. The Labute approximate surface area is 113 Å². The van der Waals surface area contributed by atoms with Gasteiger partial charge in [0.1, 0.15) is 0 Å². The SMILES string of the molecule is CC1CC(C)C(CN2CCC(C)C(C)C2)C(N)C1. The highest BCUT2D eigenvalue weighted by Crippen LogP contribution is 2.34. The largest absolute Gasteiger partial charge is 0.327 e. The maximum Gasteiger partial charge on any atom is 0.00844 e. The molecule has 18 heavy (non-hydrogen) atoms. The Morgan fingerprint density at radius 3 is 2.33 bits per heavy atom. The first kappa shape index (κ1) is 14.3. The molecule has 1 aliphatic carbocycles. The Morgan fingerprint density at radius 2 is 1.72 bits per heavy atom. The fourth-order valence-electron chi connectivity index (χ4n) is 4.10. The number of hydrogen-bond acceptors (Lipinski definition) is 2. The van der Waals surface area contributed by atoms with Crippen LogP contribution in [0.15, 0.2) is 0 Å². The molecule has 0 radical (unpaired) electrons. The van der Waals surface area contributed by atoms with Gasteiger partial charge in [-0.25, -0.2) is 0 Å². The number of piperidine rings is 1. The molecule has 6 unspecified atom stereocenters. The lowest BCUT2D eigenvalue weighted by molar-refractivity contribution is 0.0755. The van der Waals surface area contributed by atoms with Crippen molar-refractivity contribution in [3.8, 4) is 0 Å². The van der Waals surface area contributed by atoms with E-state index in [1.165, 1.54) is 38.9 Å². The van der Waals surface area contributed by atoms with E-state index in [0.717, 1.165) is 29.6 Å². The van der Waals surface area contributed by atoms with E-state index >= 15 is 0 Å². The van der Waals surface area contributed by atoms with Crippen LogP contribution in [0.5, 0.6) is 0 Å². The number of likely N-dealkylation sites (tertiary alicyclic amines) is 1. The lowest BCUT2D eigenvalue weighted by atomic mass is 9.72. The molecule has 0 bridgehead atoms. The lowest BCUT2D eigenvalue weighted by Gasteiger charge is -2.43. The molecule has 0 aromatic rings. The molecule has 0 amide bonds. The summed E-state index contributed by atoms with van der Waals surface area (Å²) in [6.07, 6.45) is 3.97. The van der Waals surface area contributed by atoms with E-state index in [1.54, 1.807) is 0 Å². The van der Waals surface area contributed by atoms with E-state index in [0.29, 0.717) is 6.04 Å². The van der Waals surface area contributed by atoms with Crippen LogP contribution >= 0.6 is 0 Å². The molecule has 1 saturated carbocycles. The molecule has 6 atom stereocenters. The first-order valence-corrected chi connectivity index (χ1v) is 7.95. The summed E-state index contributed by atoms with van der Waals surface area (Å²) < 4.78 is 0. The van der Waals surface area contributed by atoms with Gasteiger partial charge in [-0.1, -0.05) is 27.7 Å². The number of hydrogen-bond donors (Lipinski definition) is 1. The van der Waals surface area contributed by atoms with E-state index in [9.17, 15) is 0 Å². The van der Waals surface area contributed by atoms with E-state index in [2.05, 4.69) is 32.6 Å². The first-order chi connectivity index (χ1) is 8.47. The van der Waals surface area contributed by atoms with Crippen LogP contribution < -0.4 is 5.73 Å². The van der Waals surface area contributed by atoms with Gasteiger partial charge in [0.25, 0.3) is 0 Å². The highest BCUT2D eigenvalue weighted by molar-refractivity contribution is 4.88. The van der Waals surface area contributed by atoms with Crippen LogP contribution in [-0.2, 0) is 0 Å². The molecule has 0 spiro atoms. The molecular formula is C16H32N2. The predicted octanol–water partition coefficient (Wildman–Crippen LogP) is 2.97. The van der Waals surface area contributed by atoms with Crippen LogP contribution in [0.4, 0.5) is 0 Å². The molecule has 106 valence electrons. The maximum atomic E-state index is 6.41. The summed E-state index contributed by atoms with van der Waals surface area (Å²) in [7, 11) is 0. The Kier molecular flexibility index (Phi) is 4.71. The average molecular weight is 252 g/mol. The monoisotopic (exact) mass is 252 g/mol. The predicted molar refractivity (Wildman–Crippen MR) is 78.4 cm³/mol. The standard InChI is InChI=1S/C16H32N2/c1-11-7-13(3)15(16(17)8-11)10-18-6-5-12(2)14(4)9-18/h11-16H,5-10,17H2,1-4H3. The molecule has 1 heterocycles. The van der Waals surface area contributed by atoms with Crippen molar-refractivity contribution in [2.75, 3.05) is 19.6 Å². The van der Waals surface area contributed by atoms with Gasteiger partial charge in [0.2, 0.25) is 0 Å². The van der Waals surface area contributed by atoms with Gasteiger partial charge in [-0.05, 0) is 55.4 Å². The second-order valence-corrected chi connectivity index (χ2v) is 7.38. The number of nitrogens with two attached hydrogens (primary N) is 1. The quantitative estimate of drug-likeness (QED) is 0.818. The summed E-state index contributed by atoms with van der Waals surface area (Å²) in [5, 5.41) is 0. The molecule has 2 aliphatic rings. The minimum Gasteiger partial charge on any atom is -0.327 e. The zero-order valence-electron chi connectivity index (χ0n) is 12.7. The molecule has 0 aromatic heterocycles. The Balaban J connectivity index is 1.88. The molecule has 0 aromatic carbocycles. The summed E-state index contributed by atoms with van der Waals surface area (Å²) in [6.45, 7) is 13.4. The van der Waals surface area contributed by atoms with E-state index in [-0.39, 0.29) is 0 Å². The molecule has 1 aliphatic heterocycles. The molecule has 1 saturated heterocycles. The second-order valence-electron chi connectivity index (χ2n) is 7.38. The molecule has 2 rings (SSSR count). The van der Waals surface area contributed by atoms with Gasteiger partial charge in [0.05, 0.1) is 0 Å². The van der Waals surface area contributed by atoms with Gasteiger partial charge in [-0.2, -0.15) is 0 Å². The van der Waals surface area contributed by atoms with Crippen molar-refractivity contribution in [2.24, 2.45) is 35.3 Å². The third-order valence-electron chi connectivity index (χ3n) is 5.62. The summed E-state index contributed by atoms with van der Waals surface area (Å²) >= 11 is 0. The third-order valence-corrected chi connectivity index (χ3v) is 5.62. The Morgan fingerprint density at radius 1 is 1.00 bits per heavy atom. The van der Waals surface area contributed by atoms with Crippen LogP contribution in [0.2, 0.25) is 0 Å². The first-order valence-electron chi connectivity index (χ1n) is 7.95. The highest BCUT2D eigenvalue weighted by atomic mass is 15.1. The molecule has 2 fully saturated rings. The third kappa shape index (κ3) is 3.27. The fourth-order valence-corrected chi connectivity index (χ4v) is 4.10. The van der Waals surface area contributed by atoms with Crippen molar-refractivity contribution < 1.29 is 0 Å². The van der Waals surface area contributed by atoms with Crippen molar-refractivity contribution in [2.45, 2.75) is 53.0 Å². The molecule has 2 nitrogen and oxygen atoms in total. The van der Waals surface area contributed by atoms with Crippen LogP contribution in [0.3, 0.4) is 0 Å². The van der Waals surface area contributed by atoms with E-state index < -0.39 is 0 Å². The van der Waals surface area contributed by atoms with Crippen molar-refractivity contribution in [1.29, 1.82) is 0 Å². The van der Waals surface area contributed by atoms with Crippen molar-refractivity contribution >= 4 is 0 Å². The van der Waals surface area contributed by atoms with Crippen LogP contribution in [-0.4, -0.2) is 30.6 Å². The minimum absolute atomic E-state index is 0.429. The van der Waals surface area contributed by atoms with Gasteiger partial charge >= 0.3 is 0 Å². The molecule has 2 N–H and O–H groups in total. The van der Waals surface area contributed by atoms with Crippen LogP contribution in [0, 0.1) is 29.6 Å². The molecular weight excluding hydrogens is 220 g/mol. The van der Waals surface area contributed by atoms with E-state index in [1.807, 2.05) is 0 Å². The van der Waals surface area contributed by atoms with Crippen LogP contribution in [0.25, 0.3) is 0 Å². The van der Waals surface area contributed by atoms with E-state index in [4.69, 9.17) is 5.73 Å². The highest BCUT2D eigenvalue weighted by Gasteiger charge is 2.34. The van der Waals surface area contributed by atoms with Gasteiger partial charge < -0.3 is 10.6 Å². The van der Waals surface area contributed by atoms with Gasteiger partial charge in [0.15, 0.2) is 0 Å². The normalized spacial score (nSPS) is 47.2. The minimum atomic E-state index is 0.429. The van der Waals surface area contributed by atoms with Crippen molar-refractivity contribution in [3.05, 3.63) is 0 Å². The Hall–Kier alpha value is -0.0800. The molecule has 2 heteroatoms.